The van der Waals surface area contributed by atoms with Crippen LogP contribution in [0.2, 0.25) is 0 Å². The summed E-state index contributed by atoms with van der Waals surface area (Å²) in [5, 5.41) is 7.10. The monoisotopic (exact) mass is 282 g/mol. The van der Waals surface area contributed by atoms with Crippen molar-refractivity contribution < 1.29 is 9.53 Å². The van der Waals surface area contributed by atoms with Crippen LogP contribution in [0.4, 0.5) is 4.79 Å². The highest BCUT2D eigenvalue weighted by molar-refractivity contribution is 5.66. The molecule has 1 N–H and O–H groups in total. The highest BCUT2D eigenvalue weighted by Crippen LogP contribution is 2.22. The van der Waals surface area contributed by atoms with Crippen molar-refractivity contribution in [3.8, 4) is 0 Å². The molecule has 0 saturated carbocycles. The zero-order valence-electron chi connectivity index (χ0n) is 13.1. The number of ether oxygens (including phenoxy) is 1. The quantitative estimate of drug-likeness (QED) is 0.830. The Kier molecular flexibility index (Phi) is 6.51. The molecule has 0 spiro atoms. The predicted molar refractivity (Wildman–Crippen MR) is 78.7 cm³/mol. The second-order valence-corrected chi connectivity index (χ2v) is 4.72. The van der Waals surface area contributed by atoms with Crippen LogP contribution in [0.15, 0.2) is 6.20 Å². The van der Waals surface area contributed by atoms with E-state index in [1.165, 1.54) is 18.4 Å². The van der Waals surface area contributed by atoms with Crippen LogP contribution in [0.5, 0.6) is 0 Å². The molecule has 1 heterocycles. The van der Waals surface area contributed by atoms with Gasteiger partial charge in [0.05, 0.1) is 13.3 Å². The van der Waals surface area contributed by atoms with Crippen LogP contribution in [0.25, 0.3) is 0 Å². The summed E-state index contributed by atoms with van der Waals surface area (Å²) in [5.41, 5.74) is 2.45. The summed E-state index contributed by atoms with van der Waals surface area (Å²) in [5.74, 6) is 0. The molecule has 6 heteroatoms. The van der Waals surface area contributed by atoms with Crippen LogP contribution in [0.3, 0.4) is 0 Å². The van der Waals surface area contributed by atoms with Crippen LogP contribution in [0, 0.1) is 6.92 Å². The molecule has 6 nitrogen and oxygen atoms in total. The number of carbonyl (C=O) groups is 1. The van der Waals surface area contributed by atoms with Crippen molar-refractivity contribution in [2.75, 3.05) is 26.7 Å². The average molecular weight is 282 g/mol. The molecular formula is C14H26N4O2. The number of hydrogen-bond donors (Lipinski definition) is 1. The normalized spacial score (nSPS) is 12.5. The van der Waals surface area contributed by atoms with E-state index in [-0.39, 0.29) is 12.1 Å². The highest BCUT2D eigenvalue weighted by atomic mass is 16.5. The van der Waals surface area contributed by atoms with Crippen molar-refractivity contribution in [3.63, 3.8) is 0 Å². The lowest BCUT2D eigenvalue weighted by atomic mass is 10.1. The Morgan fingerprint density at radius 3 is 2.75 bits per heavy atom. The molecule has 0 saturated heterocycles. The predicted octanol–water partition coefficient (Wildman–Crippen LogP) is 1.95. The SMILES string of the molecule is CCN(CCNC(=O)OC)C(C)c1cnn(CC)c1C. The lowest BCUT2D eigenvalue weighted by molar-refractivity contribution is 0.165. The van der Waals surface area contributed by atoms with Crippen molar-refractivity contribution in [2.24, 2.45) is 0 Å². The third kappa shape index (κ3) is 3.96. The number of carbonyl (C=O) groups excluding carboxylic acids is 1. The van der Waals surface area contributed by atoms with Gasteiger partial charge in [0.15, 0.2) is 0 Å². The number of hydrogen-bond acceptors (Lipinski definition) is 4. The number of rotatable bonds is 7. The summed E-state index contributed by atoms with van der Waals surface area (Å²) in [4.78, 5) is 13.4. The summed E-state index contributed by atoms with van der Waals surface area (Å²) in [6.07, 6.45) is 1.56. The van der Waals surface area contributed by atoms with E-state index in [0.717, 1.165) is 19.6 Å². The summed E-state index contributed by atoms with van der Waals surface area (Å²) in [6, 6.07) is 0.278. The summed E-state index contributed by atoms with van der Waals surface area (Å²) in [7, 11) is 1.37. The van der Waals surface area contributed by atoms with E-state index in [9.17, 15) is 4.79 Å². The molecule has 1 aromatic heterocycles. The summed E-state index contributed by atoms with van der Waals surface area (Å²) < 4.78 is 6.57. The molecule has 0 aromatic carbocycles. The number of aromatic nitrogens is 2. The standard InChI is InChI=1S/C14H26N4O2/c1-6-17(9-8-15-14(19)20-5)11(3)13-10-16-18(7-2)12(13)4/h10-11H,6-9H2,1-5H3,(H,15,19). The molecule has 0 aliphatic rings. The van der Waals surface area contributed by atoms with Gasteiger partial charge in [0.1, 0.15) is 0 Å². The van der Waals surface area contributed by atoms with Gasteiger partial charge in [-0.2, -0.15) is 5.10 Å². The minimum absolute atomic E-state index is 0.278. The largest absolute Gasteiger partial charge is 0.453 e. The first-order valence-electron chi connectivity index (χ1n) is 7.13. The van der Waals surface area contributed by atoms with Gasteiger partial charge in [0.2, 0.25) is 0 Å². The Morgan fingerprint density at radius 2 is 2.25 bits per heavy atom. The van der Waals surface area contributed by atoms with Crippen LogP contribution >= 0.6 is 0 Å². The van der Waals surface area contributed by atoms with Gasteiger partial charge < -0.3 is 10.1 Å². The molecule has 1 aromatic rings. The highest BCUT2D eigenvalue weighted by Gasteiger charge is 2.18. The Morgan fingerprint density at radius 1 is 1.55 bits per heavy atom. The summed E-state index contributed by atoms with van der Waals surface area (Å²) in [6.45, 7) is 11.6. The Bertz CT molecular complexity index is 431. The van der Waals surface area contributed by atoms with E-state index >= 15 is 0 Å². The van der Waals surface area contributed by atoms with Crippen molar-refractivity contribution in [1.29, 1.82) is 0 Å². The molecule has 1 atom stereocenters. The van der Waals surface area contributed by atoms with Gasteiger partial charge in [-0.05, 0) is 27.3 Å². The minimum atomic E-state index is -0.385. The van der Waals surface area contributed by atoms with E-state index in [4.69, 9.17) is 0 Å². The van der Waals surface area contributed by atoms with Gasteiger partial charge in [0.25, 0.3) is 0 Å². The smallest absolute Gasteiger partial charge is 0.406 e. The molecule has 1 rings (SSSR count). The van der Waals surface area contributed by atoms with Gasteiger partial charge in [-0.3, -0.25) is 9.58 Å². The number of methoxy groups -OCH3 is 1. The van der Waals surface area contributed by atoms with Gasteiger partial charge >= 0.3 is 6.09 Å². The van der Waals surface area contributed by atoms with Crippen LogP contribution in [-0.2, 0) is 11.3 Å². The van der Waals surface area contributed by atoms with Crippen molar-refractivity contribution in [2.45, 2.75) is 40.3 Å². The van der Waals surface area contributed by atoms with Gasteiger partial charge in [-0.15, -0.1) is 0 Å². The van der Waals surface area contributed by atoms with Crippen LogP contribution < -0.4 is 5.32 Å². The topological polar surface area (TPSA) is 59.4 Å². The van der Waals surface area contributed by atoms with Crippen LogP contribution in [0.1, 0.15) is 38.1 Å². The first-order valence-corrected chi connectivity index (χ1v) is 7.13. The van der Waals surface area contributed by atoms with Crippen molar-refractivity contribution in [1.82, 2.24) is 20.0 Å². The van der Waals surface area contributed by atoms with E-state index in [1.807, 2.05) is 10.9 Å². The molecule has 20 heavy (non-hydrogen) atoms. The number of amides is 1. The number of nitrogens with zero attached hydrogens (tertiary/aromatic N) is 3. The van der Waals surface area contributed by atoms with Crippen molar-refractivity contribution in [3.05, 3.63) is 17.5 Å². The molecule has 0 radical (unpaired) electrons. The Labute approximate surface area is 121 Å². The number of aryl methyl sites for hydroxylation is 1. The number of alkyl carbamates (subject to hydrolysis) is 1. The molecule has 0 aliphatic heterocycles. The third-order valence-corrected chi connectivity index (χ3v) is 3.70. The van der Waals surface area contributed by atoms with E-state index in [0.29, 0.717) is 6.54 Å². The van der Waals surface area contributed by atoms with Gasteiger partial charge in [-0.25, -0.2) is 4.79 Å². The lowest BCUT2D eigenvalue weighted by Gasteiger charge is -2.27. The zero-order valence-corrected chi connectivity index (χ0v) is 13.1. The third-order valence-electron chi connectivity index (χ3n) is 3.70. The second kappa shape index (κ2) is 7.89. The fourth-order valence-electron chi connectivity index (χ4n) is 2.39. The molecular weight excluding hydrogens is 256 g/mol. The second-order valence-electron chi connectivity index (χ2n) is 4.72. The molecule has 0 bridgehead atoms. The van der Waals surface area contributed by atoms with E-state index in [1.54, 1.807) is 0 Å². The molecule has 0 fully saturated rings. The van der Waals surface area contributed by atoms with Crippen molar-refractivity contribution >= 4 is 6.09 Å². The Balaban J connectivity index is 2.64. The first-order chi connectivity index (χ1) is 9.54. The maximum Gasteiger partial charge on any atom is 0.406 e. The van der Waals surface area contributed by atoms with Gasteiger partial charge in [-0.1, -0.05) is 6.92 Å². The first kappa shape index (κ1) is 16.5. The number of likely N-dealkylation sites (N-methyl/N-ethyl adjacent to an activating group) is 1. The lowest BCUT2D eigenvalue weighted by Crippen LogP contribution is -2.36. The maximum atomic E-state index is 11.1. The molecule has 0 aliphatic carbocycles. The summed E-state index contributed by atoms with van der Waals surface area (Å²) >= 11 is 0. The fraction of sp³-hybridized carbons (Fsp3) is 0.714. The van der Waals surface area contributed by atoms with Crippen LogP contribution in [-0.4, -0.2) is 47.5 Å². The van der Waals surface area contributed by atoms with E-state index in [2.05, 4.69) is 47.7 Å². The molecule has 1 unspecified atom stereocenters. The van der Waals surface area contributed by atoms with E-state index < -0.39 is 0 Å². The average Bonchev–Trinajstić information content (AvgIpc) is 2.83. The Hall–Kier alpha value is -1.56. The molecule has 1 amide bonds. The zero-order chi connectivity index (χ0) is 15.1. The fourth-order valence-corrected chi connectivity index (χ4v) is 2.39. The molecule has 114 valence electrons. The maximum absolute atomic E-state index is 11.1. The van der Waals surface area contributed by atoms with Gasteiger partial charge in [0, 0.05) is 36.9 Å². The number of nitrogens with one attached hydrogen (secondary N) is 1. The minimum Gasteiger partial charge on any atom is -0.453 e.